The molecule has 0 bridgehead atoms. The van der Waals surface area contributed by atoms with Gasteiger partial charge in [-0.3, -0.25) is 9.59 Å². The van der Waals surface area contributed by atoms with E-state index in [0.29, 0.717) is 17.0 Å². The minimum absolute atomic E-state index is 0.0210. The molecule has 32 heavy (non-hydrogen) atoms. The lowest BCUT2D eigenvalue weighted by molar-refractivity contribution is 0.0937. The van der Waals surface area contributed by atoms with Crippen molar-refractivity contribution in [1.82, 2.24) is 19.4 Å². The summed E-state index contributed by atoms with van der Waals surface area (Å²) in [5, 5.41) is 3.03. The number of hydrogen-bond donors (Lipinski definition) is 1. The van der Waals surface area contributed by atoms with Gasteiger partial charge in [0.25, 0.3) is 5.91 Å². The zero-order chi connectivity index (χ0) is 23.0. The molecule has 2 aromatic carbocycles. The highest BCUT2D eigenvalue weighted by molar-refractivity contribution is 5.98. The minimum atomic E-state index is -0.373. The summed E-state index contributed by atoms with van der Waals surface area (Å²) in [6.45, 7) is 7.98. The maximum atomic E-state index is 13.2. The van der Waals surface area contributed by atoms with Crippen molar-refractivity contribution < 1.29 is 9.59 Å². The number of imidazole rings is 1. The van der Waals surface area contributed by atoms with Gasteiger partial charge < -0.3 is 14.5 Å². The molecule has 2 heterocycles. The van der Waals surface area contributed by atoms with Crippen LogP contribution in [0.3, 0.4) is 0 Å². The van der Waals surface area contributed by atoms with E-state index in [0.717, 1.165) is 28.0 Å². The molecule has 164 valence electrons. The van der Waals surface area contributed by atoms with Crippen LogP contribution in [0.2, 0.25) is 0 Å². The molecular weight excluding hydrogens is 400 g/mol. The van der Waals surface area contributed by atoms with Crippen molar-refractivity contribution in [2.24, 2.45) is 7.05 Å². The van der Waals surface area contributed by atoms with Gasteiger partial charge in [0.15, 0.2) is 5.78 Å². The molecule has 0 aliphatic carbocycles. The molecule has 6 nitrogen and oxygen atoms in total. The van der Waals surface area contributed by atoms with E-state index in [1.807, 2.05) is 98.5 Å². The summed E-state index contributed by atoms with van der Waals surface area (Å²) in [4.78, 5) is 30.8. The van der Waals surface area contributed by atoms with Crippen molar-refractivity contribution in [2.45, 2.75) is 40.3 Å². The van der Waals surface area contributed by atoms with E-state index in [-0.39, 0.29) is 24.3 Å². The Morgan fingerprint density at radius 2 is 1.72 bits per heavy atom. The first-order valence-corrected chi connectivity index (χ1v) is 10.7. The van der Waals surface area contributed by atoms with E-state index in [1.54, 1.807) is 0 Å². The molecule has 0 saturated heterocycles. The van der Waals surface area contributed by atoms with Crippen LogP contribution in [0, 0.1) is 20.8 Å². The first-order chi connectivity index (χ1) is 15.3. The standard InChI is InChI=1S/C26H28N4O2/c1-16-10-12-20(13-11-16)26(32)27-18(3)25-28-22-8-6-7-9-23(22)30(25)15-24(31)21-14-17(2)29(5)19(21)4/h6-14,18H,15H2,1-5H3,(H,27,32)/t18-/m0/s1. The number of Topliss-reactive ketones (excluding diaryl/α,β-unsaturated/α-hetero) is 1. The Morgan fingerprint density at radius 1 is 1.03 bits per heavy atom. The number of nitrogens with zero attached hydrogens (tertiary/aromatic N) is 3. The largest absolute Gasteiger partial charge is 0.351 e. The summed E-state index contributed by atoms with van der Waals surface area (Å²) in [7, 11) is 1.96. The Bertz CT molecular complexity index is 1310. The average molecular weight is 429 g/mol. The molecule has 0 saturated carbocycles. The van der Waals surface area contributed by atoms with Crippen molar-refractivity contribution in [3.05, 3.63) is 88.5 Å². The summed E-state index contributed by atoms with van der Waals surface area (Å²) in [5.41, 5.74) is 6.06. The lowest BCUT2D eigenvalue weighted by Gasteiger charge is -2.16. The van der Waals surface area contributed by atoms with Crippen LogP contribution < -0.4 is 5.32 Å². The Morgan fingerprint density at radius 3 is 2.38 bits per heavy atom. The van der Waals surface area contributed by atoms with Crippen LogP contribution in [-0.2, 0) is 13.6 Å². The number of hydrogen-bond acceptors (Lipinski definition) is 3. The number of nitrogens with one attached hydrogen (secondary N) is 1. The second kappa shape index (κ2) is 8.46. The fraction of sp³-hybridized carbons (Fsp3) is 0.269. The molecule has 4 aromatic rings. The molecule has 1 atom stereocenters. The summed E-state index contributed by atoms with van der Waals surface area (Å²) in [6, 6.07) is 16.7. The number of aromatic nitrogens is 3. The molecule has 2 aromatic heterocycles. The third kappa shape index (κ3) is 3.96. The zero-order valence-electron chi connectivity index (χ0n) is 19.1. The monoisotopic (exact) mass is 428 g/mol. The average Bonchev–Trinajstić information content (AvgIpc) is 3.27. The van der Waals surface area contributed by atoms with Gasteiger partial charge in [-0.05, 0) is 58.0 Å². The number of carbonyl (C=O) groups excluding carboxylic acids is 2. The van der Waals surface area contributed by atoms with Crippen LogP contribution in [0.4, 0.5) is 0 Å². The van der Waals surface area contributed by atoms with Crippen molar-refractivity contribution in [3.63, 3.8) is 0 Å². The van der Waals surface area contributed by atoms with Crippen LogP contribution in [-0.4, -0.2) is 25.8 Å². The van der Waals surface area contributed by atoms with Gasteiger partial charge in [0.1, 0.15) is 5.82 Å². The number of para-hydroxylation sites is 2. The van der Waals surface area contributed by atoms with Gasteiger partial charge >= 0.3 is 0 Å². The number of ketones is 1. The molecule has 1 N–H and O–H groups in total. The minimum Gasteiger partial charge on any atom is -0.351 e. The van der Waals surface area contributed by atoms with Gasteiger partial charge in [0.05, 0.1) is 23.6 Å². The fourth-order valence-corrected chi connectivity index (χ4v) is 4.01. The second-order valence-electron chi connectivity index (χ2n) is 8.37. The molecule has 0 fully saturated rings. The molecule has 0 spiro atoms. The molecule has 4 rings (SSSR count). The molecule has 0 aliphatic rings. The van der Waals surface area contributed by atoms with E-state index in [1.165, 1.54) is 0 Å². The highest BCUT2D eigenvalue weighted by Crippen LogP contribution is 2.23. The predicted molar refractivity (Wildman–Crippen MR) is 126 cm³/mol. The predicted octanol–water partition coefficient (Wildman–Crippen LogP) is 4.67. The second-order valence-corrected chi connectivity index (χ2v) is 8.37. The van der Waals surface area contributed by atoms with Gasteiger partial charge in [0.2, 0.25) is 0 Å². The number of aryl methyl sites for hydroxylation is 2. The summed E-state index contributed by atoms with van der Waals surface area (Å²) in [6.07, 6.45) is 0. The van der Waals surface area contributed by atoms with Gasteiger partial charge in [-0.15, -0.1) is 0 Å². The van der Waals surface area contributed by atoms with Gasteiger partial charge in [-0.25, -0.2) is 4.98 Å². The number of rotatable bonds is 6. The summed E-state index contributed by atoms with van der Waals surface area (Å²) < 4.78 is 3.93. The lowest BCUT2D eigenvalue weighted by Crippen LogP contribution is -2.29. The highest BCUT2D eigenvalue weighted by Gasteiger charge is 2.22. The normalized spacial score (nSPS) is 12.2. The molecule has 0 aliphatic heterocycles. The Balaban J connectivity index is 1.66. The van der Waals surface area contributed by atoms with E-state index >= 15 is 0 Å². The van der Waals surface area contributed by atoms with Crippen LogP contribution in [0.5, 0.6) is 0 Å². The SMILES string of the molecule is Cc1ccc(C(=O)N[C@@H](C)c2nc3ccccc3n2CC(=O)c2cc(C)n(C)c2C)cc1. The lowest BCUT2D eigenvalue weighted by atomic mass is 10.1. The Labute approximate surface area is 187 Å². The number of benzene rings is 2. The first kappa shape index (κ1) is 21.6. The van der Waals surface area contributed by atoms with E-state index in [2.05, 4.69) is 5.32 Å². The molecule has 6 heteroatoms. The smallest absolute Gasteiger partial charge is 0.251 e. The maximum Gasteiger partial charge on any atom is 0.251 e. The summed E-state index contributed by atoms with van der Waals surface area (Å²) >= 11 is 0. The first-order valence-electron chi connectivity index (χ1n) is 10.7. The van der Waals surface area contributed by atoms with Crippen LogP contribution in [0.25, 0.3) is 11.0 Å². The maximum absolute atomic E-state index is 13.2. The van der Waals surface area contributed by atoms with Crippen molar-refractivity contribution in [2.75, 3.05) is 0 Å². The van der Waals surface area contributed by atoms with Crippen molar-refractivity contribution in [1.29, 1.82) is 0 Å². The number of carbonyl (C=O) groups is 2. The van der Waals surface area contributed by atoms with Gasteiger partial charge in [0, 0.05) is 29.6 Å². The van der Waals surface area contributed by atoms with Gasteiger partial charge in [-0.2, -0.15) is 0 Å². The highest BCUT2D eigenvalue weighted by atomic mass is 16.1. The van der Waals surface area contributed by atoms with E-state index < -0.39 is 0 Å². The Hall–Kier alpha value is -3.67. The molecule has 0 radical (unpaired) electrons. The third-order valence-electron chi connectivity index (χ3n) is 6.11. The fourth-order valence-electron chi connectivity index (χ4n) is 4.01. The summed E-state index contributed by atoms with van der Waals surface area (Å²) in [5.74, 6) is 0.509. The Kier molecular flexibility index (Phi) is 5.70. The van der Waals surface area contributed by atoms with Crippen LogP contribution in [0.1, 0.15) is 56.5 Å². The third-order valence-corrected chi connectivity index (χ3v) is 6.11. The number of amides is 1. The molecule has 0 unspecified atom stereocenters. The molecular formula is C26H28N4O2. The van der Waals surface area contributed by atoms with Crippen LogP contribution in [0.15, 0.2) is 54.6 Å². The van der Waals surface area contributed by atoms with Crippen molar-refractivity contribution in [3.8, 4) is 0 Å². The van der Waals surface area contributed by atoms with E-state index in [9.17, 15) is 9.59 Å². The zero-order valence-corrected chi connectivity index (χ0v) is 19.1. The van der Waals surface area contributed by atoms with Crippen LogP contribution >= 0.6 is 0 Å². The van der Waals surface area contributed by atoms with Gasteiger partial charge in [-0.1, -0.05) is 29.8 Å². The molecule has 1 amide bonds. The van der Waals surface area contributed by atoms with E-state index in [4.69, 9.17) is 4.98 Å². The quantitative estimate of drug-likeness (QED) is 0.454. The number of fused-ring (bicyclic) bond motifs is 1. The topological polar surface area (TPSA) is 68.9 Å². The van der Waals surface area contributed by atoms with Crippen molar-refractivity contribution >= 4 is 22.7 Å².